The highest BCUT2D eigenvalue weighted by atomic mass is 16.5. The van der Waals surface area contributed by atoms with Crippen LogP contribution in [0.25, 0.3) is 22.3 Å². The van der Waals surface area contributed by atoms with E-state index < -0.39 is 40.9 Å². The number of aliphatic carboxylic acids is 1. The van der Waals surface area contributed by atoms with Crippen LogP contribution in [0.5, 0.6) is 0 Å². The van der Waals surface area contributed by atoms with Gasteiger partial charge in [-0.15, -0.1) is 0 Å². The molecule has 0 spiro atoms. The first kappa shape index (κ1) is 62.6. The maximum atomic E-state index is 13.5. The largest absolute Gasteiger partial charge is 0.481 e. The number of carboxylic acids is 1. The molecule has 12 rings (SSSR count). The molecule has 2 atom stereocenters. The first-order valence-corrected chi connectivity index (χ1v) is 30.9. The molecule has 0 saturated carbocycles. The Balaban J connectivity index is 0.000000189. The number of aliphatic hydroxyl groups is 1. The van der Waals surface area contributed by atoms with E-state index in [1.165, 1.54) is 22.3 Å². The number of aliphatic hydroxyl groups excluding tert-OH is 1. The molecule has 0 heterocycles. The van der Waals surface area contributed by atoms with Crippen molar-refractivity contribution in [2.45, 2.75) is 48.7 Å². The Morgan fingerprint density at radius 1 is 0.330 bits per heavy atom. The second kappa shape index (κ2) is 30.0. The maximum absolute atomic E-state index is 13.5. The van der Waals surface area contributed by atoms with E-state index in [1.54, 1.807) is 0 Å². The van der Waals surface area contributed by atoms with Gasteiger partial charge in [0.1, 0.15) is 24.4 Å². The summed E-state index contributed by atoms with van der Waals surface area (Å²) in [6.07, 6.45) is -0.626. The van der Waals surface area contributed by atoms with Crippen molar-refractivity contribution >= 4 is 23.9 Å². The lowest BCUT2D eigenvalue weighted by Gasteiger charge is -2.37. The summed E-state index contributed by atoms with van der Waals surface area (Å²) in [5.74, 6) is -3.65. The van der Waals surface area contributed by atoms with Gasteiger partial charge in [-0.3, -0.25) is 19.2 Å². The Hall–Kier alpha value is -10.0. The molecule has 0 fully saturated rings. The molecule has 0 amide bonds. The second-order valence-corrected chi connectivity index (χ2v) is 22.9. The van der Waals surface area contributed by atoms with Crippen molar-refractivity contribution in [1.82, 2.24) is 0 Å². The fourth-order valence-corrected chi connectivity index (χ4v) is 12.7. The minimum atomic E-state index is -1.09. The number of hydrogen-bond donors (Lipinski definition) is 2. The smallest absolute Gasteiger partial charge is 0.306 e. The van der Waals surface area contributed by atoms with E-state index in [-0.39, 0.29) is 83.1 Å². The molecule has 0 aliphatic heterocycles. The van der Waals surface area contributed by atoms with Gasteiger partial charge in [0.05, 0.1) is 45.5 Å². The molecule has 0 radical (unpaired) electrons. The number of carbonyl (C=O) groups excluding carboxylic acids is 3. The molecule has 0 unspecified atom stereocenters. The van der Waals surface area contributed by atoms with Crippen LogP contribution in [0.15, 0.2) is 279 Å². The molecular weight excluding hydrogens is 1140 g/mol. The molecule has 11 nitrogen and oxygen atoms in total. The monoisotopic (exact) mass is 1210 g/mol. The highest BCUT2D eigenvalue weighted by Gasteiger charge is 2.41. The van der Waals surface area contributed by atoms with Crippen molar-refractivity contribution in [3.63, 3.8) is 0 Å². The van der Waals surface area contributed by atoms with Gasteiger partial charge in [0.15, 0.2) is 0 Å². The van der Waals surface area contributed by atoms with Gasteiger partial charge in [-0.25, -0.2) is 0 Å². The Labute approximate surface area is 531 Å². The number of benzene rings is 10. The van der Waals surface area contributed by atoms with E-state index in [0.29, 0.717) is 0 Å². The van der Waals surface area contributed by atoms with Gasteiger partial charge < -0.3 is 33.9 Å². The highest BCUT2D eigenvalue weighted by Crippen LogP contribution is 2.47. The zero-order valence-corrected chi connectivity index (χ0v) is 50.5. The highest BCUT2D eigenvalue weighted by molar-refractivity contribution is 5.81. The molecule has 2 aliphatic rings. The molecular formula is C80H72O11. The average Bonchev–Trinajstić information content (AvgIpc) is 1.76. The van der Waals surface area contributed by atoms with Gasteiger partial charge in [-0.1, -0.05) is 279 Å². The van der Waals surface area contributed by atoms with Crippen molar-refractivity contribution in [3.05, 3.63) is 335 Å². The molecule has 0 aromatic heterocycles. The molecule has 0 bridgehead atoms. The lowest BCUT2D eigenvalue weighted by atomic mass is 9.80. The van der Waals surface area contributed by atoms with Crippen LogP contribution in [0.3, 0.4) is 0 Å². The van der Waals surface area contributed by atoms with E-state index in [4.69, 9.17) is 28.8 Å². The fourth-order valence-electron chi connectivity index (χ4n) is 12.7. The molecule has 0 saturated heterocycles. The average molecular weight is 1210 g/mol. The number of carbonyl (C=O) groups is 4. The Morgan fingerprint density at radius 2 is 0.604 bits per heavy atom. The number of carboxylic acid groups (broad SMARTS) is 1. The summed E-state index contributed by atoms with van der Waals surface area (Å²) in [4.78, 5) is 50.2. The van der Waals surface area contributed by atoms with Crippen molar-refractivity contribution in [1.29, 1.82) is 0 Å². The third-order valence-electron chi connectivity index (χ3n) is 17.1. The maximum Gasteiger partial charge on any atom is 0.306 e. The van der Waals surface area contributed by atoms with Crippen molar-refractivity contribution in [2.24, 2.45) is 11.8 Å². The van der Waals surface area contributed by atoms with Crippen molar-refractivity contribution < 1.29 is 53.1 Å². The summed E-state index contributed by atoms with van der Waals surface area (Å²) >= 11 is 0. The van der Waals surface area contributed by atoms with Gasteiger partial charge in [-0.05, 0) is 77.9 Å². The van der Waals surface area contributed by atoms with Gasteiger partial charge in [0.2, 0.25) is 0 Å². The molecule has 11 heteroatoms. The van der Waals surface area contributed by atoms with Crippen LogP contribution in [0.1, 0.15) is 93.2 Å². The first-order chi connectivity index (χ1) is 44.7. The third-order valence-corrected chi connectivity index (χ3v) is 17.1. The van der Waals surface area contributed by atoms with Crippen LogP contribution in [-0.2, 0) is 54.1 Å². The Bertz CT molecular complexity index is 3730. The van der Waals surface area contributed by atoms with E-state index >= 15 is 0 Å². The number of rotatable bonds is 26. The van der Waals surface area contributed by atoms with E-state index in [0.717, 1.165) is 55.6 Å². The number of hydrogen-bond acceptors (Lipinski definition) is 10. The zero-order valence-electron chi connectivity index (χ0n) is 50.5. The Kier molecular flexibility index (Phi) is 20.6. The van der Waals surface area contributed by atoms with Gasteiger partial charge in [0, 0.05) is 30.3 Å². The van der Waals surface area contributed by atoms with Crippen LogP contribution in [0.4, 0.5) is 0 Å². The molecule has 2 aliphatic carbocycles. The predicted molar refractivity (Wildman–Crippen MR) is 351 cm³/mol. The minimum absolute atomic E-state index is 0.00734. The number of fused-ring (bicyclic) bond motifs is 6. The Morgan fingerprint density at radius 3 is 0.901 bits per heavy atom. The van der Waals surface area contributed by atoms with Crippen LogP contribution in [0.2, 0.25) is 0 Å². The van der Waals surface area contributed by atoms with E-state index in [1.807, 2.05) is 194 Å². The molecule has 2 N–H and O–H groups in total. The summed E-state index contributed by atoms with van der Waals surface area (Å²) in [6.45, 7) is 0.291. The molecule has 10 aromatic carbocycles. The summed E-state index contributed by atoms with van der Waals surface area (Å²) in [6, 6.07) is 92.8. The van der Waals surface area contributed by atoms with E-state index in [9.17, 15) is 24.3 Å². The summed E-state index contributed by atoms with van der Waals surface area (Å²) in [7, 11) is 0. The predicted octanol–water partition coefficient (Wildman–Crippen LogP) is 15.1. The summed E-state index contributed by atoms with van der Waals surface area (Å²) in [5, 5.41) is 19.4. The molecule has 10 aromatic rings. The zero-order chi connectivity index (χ0) is 62.8. The standard InChI is InChI=1S/C42H38O7.C38H34O4/c43-39(44)24-25-40(45)47-27-30(26-41(46)48-29-38-36-22-12-10-20-34(36)35-21-11-13-23-37(35)38)28-49-42(31-14-4-1-5-15-31,32-16-6-2-7-17-32)33-18-8-3-9-19-33;39-25-28(24-37(40)41-27-36-34-22-12-10-20-32(34)33-21-11-13-23-35(33)36)26-42-38(29-14-4-1-5-15-29,30-16-6-2-7-17-30)31-18-8-3-9-19-31/h1-23,30,38H,24-29H2,(H,43,44);1-23,28,36,39H,24-27H2/t30-;28-/m11/s1. The number of esters is 3. The SMILES string of the molecule is O=C(C[C@H](CO)COC(c1ccccc1)(c1ccccc1)c1ccccc1)OCC1c2ccccc2-c2ccccc21.O=C(O)CCC(=O)OC[C@H](COC(c1ccccc1)(c1ccccc1)c1ccccc1)CC(=O)OCC1c2ccccc2-c2ccccc21. The van der Waals surface area contributed by atoms with E-state index in [2.05, 4.69) is 84.9 Å². The van der Waals surface area contributed by atoms with Crippen LogP contribution in [0, 0.1) is 11.8 Å². The van der Waals surface area contributed by atoms with Gasteiger partial charge in [-0.2, -0.15) is 0 Å². The van der Waals surface area contributed by atoms with Crippen LogP contribution < -0.4 is 0 Å². The minimum Gasteiger partial charge on any atom is -0.481 e. The number of ether oxygens (including phenoxy) is 5. The lowest BCUT2D eigenvalue weighted by Crippen LogP contribution is -2.36. The molecule has 91 heavy (non-hydrogen) atoms. The first-order valence-electron chi connectivity index (χ1n) is 30.9. The molecule has 458 valence electrons. The van der Waals surface area contributed by atoms with Crippen LogP contribution in [-0.4, -0.2) is 73.7 Å². The topological polar surface area (TPSA) is 155 Å². The van der Waals surface area contributed by atoms with Crippen LogP contribution >= 0.6 is 0 Å². The quantitative estimate of drug-likeness (QED) is 0.0302. The van der Waals surface area contributed by atoms with Crippen molar-refractivity contribution in [3.8, 4) is 22.3 Å². The van der Waals surface area contributed by atoms with Crippen molar-refractivity contribution in [2.75, 3.05) is 39.6 Å². The van der Waals surface area contributed by atoms with Gasteiger partial charge >= 0.3 is 23.9 Å². The van der Waals surface area contributed by atoms with Gasteiger partial charge in [0.25, 0.3) is 0 Å². The normalized spacial score (nSPS) is 13.0. The second-order valence-electron chi connectivity index (χ2n) is 22.9. The lowest BCUT2D eigenvalue weighted by molar-refractivity contribution is -0.153. The summed E-state index contributed by atoms with van der Waals surface area (Å²) in [5.41, 5.74) is 12.9. The third kappa shape index (κ3) is 14.4. The fraction of sp³-hybridized carbons (Fsp3) is 0.200. The summed E-state index contributed by atoms with van der Waals surface area (Å²) < 4.78 is 31.1.